The molecule has 0 aliphatic heterocycles. The zero-order chi connectivity index (χ0) is 13.3. The predicted molar refractivity (Wildman–Crippen MR) is 67.7 cm³/mol. The molecule has 0 unspecified atom stereocenters. The van der Waals surface area contributed by atoms with E-state index in [1.54, 1.807) is 10.7 Å². The summed E-state index contributed by atoms with van der Waals surface area (Å²) in [6, 6.07) is 3.56. The Hall–Kier alpha value is -1.88. The zero-order valence-corrected chi connectivity index (χ0v) is 11.1. The third-order valence-electron chi connectivity index (χ3n) is 2.82. The van der Waals surface area contributed by atoms with E-state index in [2.05, 4.69) is 10.1 Å². The monoisotopic (exact) mass is 247 g/mol. The lowest BCUT2D eigenvalue weighted by Gasteiger charge is -2.07. The fourth-order valence-corrected chi connectivity index (χ4v) is 1.86. The van der Waals surface area contributed by atoms with Crippen LogP contribution >= 0.6 is 0 Å². The lowest BCUT2D eigenvalue weighted by atomic mass is 10.2. The van der Waals surface area contributed by atoms with Crippen LogP contribution in [0.3, 0.4) is 0 Å². The predicted octanol–water partition coefficient (Wildman–Crippen LogP) is 2.02. The molecule has 0 atom stereocenters. The van der Waals surface area contributed by atoms with Gasteiger partial charge in [0.25, 0.3) is 0 Å². The summed E-state index contributed by atoms with van der Waals surface area (Å²) < 4.78 is 7.55. The van der Waals surface area contributed by atoms with E-state index in [1.165, 1.54) is 0 Å². The maximum atomic E-state index is 9.17. The standard InChI is InChI=1S/C13H17N3O2/c1-8-5-11(7-17)6-12(14-8)18-13-9(2)15-16(4)10(13)3/h5-6,17H,7H2,1-4H3. The number of rotatable bonds is 3. The van der Waals surface area contributed by atoms with Gasteiger partial charge >= 0.3 is 0 Å². The highest BCUT2D eigenvalue weighted by Crippen LogP contribution is 2.27. The van der Waals surface area contributed by atoms with Crippen molar-refractivity contribution >= 4 is 0 Å². The maximum Gasteiger partial charge on any atom is 0.219 e. The van der Waals surface area contributed by atoms with Crippen LogP contribution in [0.25, 0.3) is 0 Å². The van der Waals surface area contributed by atoms with Gasteiger partial charge in [-0.1, -0.05) is 0 Å². The molecule has 18 heavy (non-hydrogen) atoms. The summed E-state index contributed by atoms with van der Waals surface area (Å²) in [6.07, 6.45) is 0. The van der Waals surface area contributed by atoms with Gasteiger partial charge in [-0.05, 0) is 32.4 Å². The van der Waals surface area contributed by atoms with Crippen molar-refractivity contribution in [2.75, 3.05) is 0 Å². The van der Waals surface area contributed by atoms with Crippen LogP contribution < -0.4 is 4.74 Å². The lowest BCUT2D eigenvalue weighted by molar-refractivity contribution is 0.281. The van der Waals surface area contributed by atoms with Crippen LogP contribution in [0.15, 0.2) is 12.1 Å². The quantitative estimate of drug-likeness (QED) is 0.901. The summed E-state index contributed by atoms with van der Waals surface area (Å²) in [6.45, 7) is 5.68. The van der Waals surface area contributed by atoms with E-state index in [-0.39, 0.29) is 6.61 Å². The number of ether oxygens (including phenoxy) is 1. The minimum absolute atomic E-state index is 0.0231. The van der Waals surface area contributed by atoms with E-state index in [1.807, 2.05) is 33.9 Å². The average molecular weight is 247 g/mol. The van der Waals surface area contributed by atoms with Crippen LogP contribution in [-0.4, -0.2) is 19.9 Å². The number of hydrogen-bond donors (Lipinski definition) is 1. The summed E-state index contributed by atoms with van der Waals surface area (Å²) in [7, 11) is 1.87. The molecule has 0 saturated heterocycles. The van der Waals surface area contributed by atoms with E-state index >= 15 is 0 Å². The van der Waals surface area contributed by atoms with Gasteiger partial charge in [-0.25, -0.2) is 4.98 Å². The van der Waals surface area contributed by atoms with Gasteiger partial charge < -0.3 is 9.84 Å². The van der Waals surface area contributed by atoms with E-state index in [4.69, 9.17) is 9.84 Å². The minimum atomic E-state index is -0.0231. The Kier molecular flexibility index (Phi) is 3.34. The molecule has 0 spiro atoms. The second kappa shape index (κ2) is 4.78. The normalized spacial score (nSPS) is 10.7. The molecular formula is C13H17N3O2. The number of pyridine rings is 1. The van der Waals surface area contributed by atoms with E-state index in [0.717, 1.165) is 28.4 Å². The Morgan fingerprint density at radius 3 is 2.56 bits per heavy atom. The molecule has 96 valence electrons. The third kappa shape index (κ3) is 2.36. The van der Waals surface area contributed by atoms with Crippen LogP contribution in [0.5, 0.6) is 11.6 Å². The molecular weight excluding hydrogens is 230 g/mol. The van der Waals surface area contributed by atoms with Crippen LogP contribution in [0.1, 0.15) is 22.6 Å². The fraction of sp³-hybridized carbons (Fsp3) is 0.385. The molecule has 0 fully saturated rings. The van der Waals surface area contributed by atoms with E-state index in [0.29, 0.717) is 5.88 Å². The molecule has 0 aliphatic rings. The average Bonchev–Trinajstić information content (AvgIpc) is 2.55. The van der Waals surface area contributed by atoms with Crippen molar-refractivity contribution < 1.29 is 9.84 Å². The second-order valence-corrected chi connectivity index (χ2v) is 4.34. The van der Waals surface area contributed by atoms with Crippen LogP contribution in [0.2, 0.25) is 0 Å². The molecule has 0 radical (unpaired) electrons. The molecule has 2 heterocycles. The highest BCUT2D eigenvalue weighted by Gasteiger charge is 2.12. The highest BCUT2D eigenvalue weighted by molar-refractivity contribution is 5.36. The smallest absolute Gasteiger partial charge is 0.219 e. The Bertz CT molecular complexity index is 576. The fourth-order valence-electron chi connectivity index (χ4n) is 1.86. The summed E-state index contributed by atoms with van der Waals surface area (Å²) in [4.78, 5) is 4.30. The van der Waals surface area contributed by atoms with E-state index < -0.39 is 0 Å². The molecule has 0 saturated carbocycles. The van der Waals surface area contributed by atoms with Crippen LogP contribution in [0, 0.1) is 20.8 Å². The van der Waals surface area contributed by atoms with Crippen molar-refractivity contribution in [3.05, 3.63) is 34.8 Å². The van der Waals surface area contributed by atoms with Crippen molar-refractivity contribution in [3.8, 4) is 11.6 Å². The van der Waals surface area contributed by atoms with Crippen molar-refractivity contribution in [2.45, 2.75) is 27.4 Å². The minimum Gasteiger partial charge on any atom is -0.435 e. The van der Waals surface area contributed by atoms with Crippen molar-refractivity contribution in [1.82, 2.24) is 14.8 Å². The maximum absolute atomic E-state index is 9.17. The molecule has 0 aromatic carbocycles. The Labute approximate surface area is 106 Å². The van der Waals surface area contributed by atoms with Gasteiger partial charge in [0.2, 0.25) is 5.88 Å². The first-order chi connectivity index (χ1) is 8.51. The zero-order valence-electron chi connectivity index (χ0n) is 11.1. The van der Waals surface area contributed by atoms with Gasteiger partial charge in [-0.3, -0.25) is 4.68 Å². The lowest BCUT2D eigenvalue weighted by Crippen LogP contribution is -1.96. The van der Waals surface area contributed by atoms with Gasteiger partial charge in [0.05, 0.1) is 12.3 Å². The first-order valence-electron chi connectivity index (χ1n) is 5.77. The molecule has 2 aromatic heterocycles. The number of aliphatic hydroxyl groups is 1. The van der Waals surface area contributed by atoms with Gasteiger partial charge in [0, 0.05) is 18.8 Å². The molecule has 0 aliphatic carbocycles. The highest BCUT2D eigenvalue weighted by atomic mass is 16.5. The molecule has 5 heteroatoms. The number of hydrogen-bond acceptors (Lipinski definition) is 4. The third-order valence-corrected chi connectivity index (χ3v) is 2.82. The number of aliphatic hydroxyl groups excluding tert-OH is 1. The largest absolute Gasteiger partial charge is 0.435 e. The van der Waals surface area contributed by atoms with Gasteiger partial charge in [0.15, 0.2) is 5.75 Å². The SMILES string of the molecule is Cc1cc(CO)cc(Oc2c(C)nn(C)c2C)n1. The summed E-state index contributed by atoms with van der Waals surface area (Å²) in [5.41, 5.74) is 3.37. The number of aryl methyl sites for hydroxylation is 3. The number of aromatic nitrogens is 3. The molecule has 0 amide bonds. The van der Waals surface area contributed by atoms with Crippen LogP contribution in [0.4, 0.5) is 0 Å². The second-order valence-electron chi connectivity index (χ2n) is 4.34. The first-order valence-corrected chi connectivity index (χ1v) is 5.77. The topological polar surface area (TPSA) is 60.2 Å². The van der Waals surface area contributed by atoms with Crippen molar-refractivity contribution in [1.29, 1.82) is 0 Å². The van der Waals surface area contributed by atoms with E-state index in [9.17, 15) is 0 Å². The van der Waals surface area contributed by atoms with Gasteiger partial charge in [-0.2, -0.15) is 5.10 Å². The Morgan fingerprint density at radius 2 is 2.00 bits per heavy atom. The summed E-state index contributed by atoms with van der Waals surface area (Å²) >= 11 is 0. The Morgan fingerprint density at radius 1 is 1.28 bits per heavy atom. The first kappa shape index (κ1) is 12.6. The molecule has 0 bridgehead atoms. The molecule has 1 N–H and O–H groups in total. The Balaban J connectivity index is 2.36. The molecule has 2 rings (SSSR count). The van der Waals surface area contributed by atoms with Gasteiger partial charge in [0.1, 0.15) is 5.69 Å². The summed E-state index contributed by atoms with van der Waals surface area (Å²) in [5.74, 6) is 1.21. The van der Waals surface area contributed by atoms with Gasteiger partial charge in [-0.15, -0.1) is 0 Å². The number of nitrogens with zero attached hydrogens (tertiary/aromatic N) is 3. The van der Waals surface area contributed by atoms with Crippen molar-refractivity contribution in [2.24, 2.45) is 7.05 Å². The molecule has 5 nitrogen and oxygen atoms in total. The van der Waals surface area contributed by atoms with Crippen LogP contribution in [-0.2, 0) is 13.7 Å². The van der Waals surface area contributed by atoms with Crippen molar-refractivity contribution in [3.63, 3.8) is 0 Å². The summed E-state index contributed by atoms with van der Waals surface area (Å²) in [5, 5.41) is 13.5. The molecule has 2 aromatic rings.